The molecule has 1 aliphatic heterocycles. The second kappa shape index (κ2) is 4.31. The van der Waals surface area contributed by atoms with Crippen LogP contribution in [0.3, 0.4) is 0 Å². The van der Waals surface area contributed by atoms with Crippen molar-refractivity contribution in [2.75, 3.05) is 13.1 Å². The second-order valence-electron chi connectivity index (χ2n) is 4.94. The number of carbonyl (C=O) groups is 1. The average molecular weight is 226 g/mol. The molecule has 2 rings (SSSR count). The van der Waals surface area contributed by atoms with Crippen molar-refractivity contribution in [3.63, 3.8) is 0 Å². The summed E-state index contributed by atoms with van der Waals surface area (Å²) in [7, 11) is 0. The Hall–Kier alpha value is -1.26. The summed E-state index contributed by atoms with van der Waals surface area (Å²) in [6, 6.07) is 0. The van der Waals surface area contributed by atoms with E-state index in [1.165, 1.54) is 4.90 Å². The van der Waals surface area contributed by atoms with Gasteiger partial charge in [-0.2, -0.15) is 0 Å². The minimum Gasteiger partial charge on any atom is -0.465 e. The number of rotatable bonds is 0. The van der Waals surface area contributed by atoms with E-state index in [-0.39, 0.29) is 0 Å². The maximum atomic E-state index is 10.8. The molecule has 90 valence electrons. The Morgan fingerprint density at radius 3 is 2.19 bits per heavy atom. The van der Waals surface area contributed by atoms with E-state index in [4.69, 9.17) is 10.3 Å². The lowest BCUT2D eigenvalue weighted by Gasteiger charge is -2.43. The third-order valence-electron chi connectivity index (χ3n) is 4.12. The number of likely N-dealkylation sites (tertiary alicyclic amines) is 1. The zero-order chi connectivity index (χ0) is 11.6. The predicted molar refractivity (Wildman–Crippen MR) is 59.0 cm³/mol. The lowest BCUT2D eigenvalue weighted by Crippen LogP contribution is -2.44. The standard InChI is InChI=1S/C11H18N2O3/c14-10(15)13-7-5-11(6-8-13)3-1-9(12-16)2-4-11/h16H,1-8H2,(H,14,15). The normalized spacial score (nSPS) is 24.5. The van der Waals surface area contributed by atoms with E-state index in [0.29, 0.717) is 18.5 Å². The van der Waals surface area contributed by atoms with Crippen molar-refractivity contribution < 1.29 is 15.1 Å². The van der Waals surface area contributed by atoms with Gasteiger partial charge in [0.25, 0.3) is 0 Å². The Balaban J connectivity index is 1.91. The molecule has 0 unspecified atom stereocenters. The molecule has 2 N–H and O–H groups in total. The summed E-state index contributed by atoms with van der Waals surface area (Å²) < 4.78 is 0. The molecule has 0 atom stereocenters. The molecule has 1 spiro atoms. The highest BCUT2D eigenvalue weighted by molar-refractivity contribution is 5.84. The van der Waals surface area contributed by atoms with Crippen LogP contribution in [-0.4, -0.2) is 40.1 Å². The Kier molecular flexibility index (Phi) is 3.03. The van der Waals surface area contributed by atoms with Crippen LogP contribution < -0.4 is 0 Å². The molecule has 1 aliphatic carbocycles. The number of carboxylic acid groups (broad SMARTS) is 1. The molecule has 1 amide bonds. The van der Waals surface area contributed by atoms with E-state index >= 15 is 0 Å². The first-order chi connectivity index (χ1) is 7.65. The Morgan fingerprint density at radius 1 is 1.19 bits per heavy atom. The minimum absolute atomic E-state index is 0.306. The van der Waals surface area contributed by atoms with Crippen molar-refractivity contribution in [2.45, 2.75) is 38.5 Å². The summed E-state index contributed by atoms with van der Waals surface area (Å²) in [5, 5.41) is 20.9. The molecule has 0 radical (unpaired) electrons. The fourth-order valence-electron chi connectivity index (χ4n) is 2.84. The number of amides is 1. The third-order valence-corrected chi connectivity index (χ3v) is 4.12. The van der Waals surface area contributed by atoms with Crippen molar-refractivity contribution in [1.82, 2.24) is 4.90 Å². The van der Waals surface area contributed by atoms with Crippen LogP contribution in [0.4, 0.5) is 4.79 Å². The van der Waals surface area contributed by atoms with Gasteiger partial charge in [-0.3, -0.25) is 0 Å². The third kappa shape index (κ3) is 2.13. The predicted octanol–water partition coefficient (Wildman–Crippen LogP) is 2.15. The Morgan fingerprint density at radius 2 is 1.75 bits per heavy atom. The van der Waals surface area contributed by atoms with E-state index < -0.39 is 6.09 Å². The summed E-state index contributed by atoms with van der Waals surface area (Å²) in [5.74, 6) is 0. The number of hydrogen-bond donors (Lipinski definition) is 2. The van der Waals surface area contributed by atoms with Crippen LogP contribution in [0.15, 0.2) is 5.16 Å². The molecule has 1 heterocycles. The molecule has 0 bridgehead atoms. The molecule has 2 fully saturated rings. The maximum Gasteiger partial charge on any atom is 0.407 e. The summed E-state index contributed by atoms with van der Waals surface area (Å²) in [6.07, 6.45) is 4.92. The van der Waals surface area contributed by atoms with Crippen molar-refractivity contribution in [3.05, 3.63) is 0 Å². The number of hydrogen-bond acceptors (Lipinski definition) is 3. The smallest absolute Gasteiger partial charge is 0.407 e. The van der Waals surface area contributed by atoms with Crippen molar-refractivity contribution in [3.8, 4) is 0 Å². The van der Waals surface area contributed by atoms with Gasteiger partial charge in [-0.15, -0.1) is 0 Å². The first-order valence-electron chi connectivity index (χ1n) is 5.83. The Labute approximate surface area is 94.7 Å². The highest BCUT2D eigenvalue weighted by Gasteiger charge is 2.38. The fraction of sp³-hybridized carbons (Fsp3) is 0.818. The van der Waals surface area contributed by atoms with Gasteiger partial charge in [0.2, 0.25) is 0 Å². The number of nitrogens with zero attached hydrogens (tertiary/aromatic N) is 2. The van der Waals surface area contributed by atoms with Gasteiger partial charge in [0.05, 0.1) is 5.71 Å². The van der Waals surface area contributed by atoms with Gasteiger partial charge in [0.15, 0.2) is 0 Å². The van der Waals surface area contributed by atoms with Crippen LogP contribution in [0.25, 0.3) is 0 Å². The first-order valence-corrected chi connectivity index (χ1v) is 5.83. The van der Waals surface area contributed by atoms with Gasteiger partial charge in [-0.1, -0.05) is 5.16 Å². The van der Waals surface area contributed by atoms with Crippen LogP contribution in [0.1, 0.15) is 38.5 Å². The highest BCUT2D eigenvalue weighted by Crippen LogP contribution is 2.43. The zero-order valence-electron chi connectivity index (χ0n) is 9.35. The molecule has 0 aromatic rings. The van der Waals surface area contributed by atoms with Crippen molar-refractivity contribution in [2.24, 2.45) is 10.6 Å². The molecule has 1 saturated heterocycles. The molecular formula is C11H18N2O3. The topological polar surface area (TPSA) is 73.1 Å². The summed E-state index contributed by atoms with van der Waals surface area (Å²) in [6.45, 7) is 1.31. The van der Waals surface area contributed by atoms with Gasteiger partial charge in [-0.05, 0) is 43.9 Å². The number of piperidine rings is 1. The molecule has 0 aromatic carbocycles. The van der Waals surface area contributed by atoms with Crippen LogP contribution in [0, 0.1) is 5.41 Å². The van der Waals surface area contributed by atoms with Gasteiger partial charge in [0, 0.05) is 13.1 Å². The van der Waals surface area contributed by atoms with Crippen LogP contribution in [-0.2, 0) is 0 Å². The molecular weight excluding hydrogens is 208 g/mol. The van der Waals surface area contributed by atoms with E-state index in [1.54, 1.807) is 0 Å². The highest BCUT2D eigenvalue weighted by atomic mass is 16.4. The monoisotopic (exact) mass is 226 g/mol. The van der Waals surface area contributed by atoms with Crippen molar-refractivity contribution in [1.29, 1.82) is 0 Å². The lowest BCUT2D eigenvalue weighted by atomic mass is 9.67. The van der Waals surface area contributed by atoms with Gasteiger partial charge < -0.3 is 15.2 Å². The minimum atomic E-state index is -0.803. The quantitative estimate of drug-likeness (QED) is 0.491. The van der Waals surface area contributed by atoms with Gasteiger partial charge >= 0.3 is 6.09 Å². The molecule has 0 aromatic heterocycles. The Bertz CT molecular complexity index is 294. The molecule has 16 heavy (non-hydrogen) atoms. The first kappa shape index (κ1) is 11.2. The summed E-state index contributed by atoms with van der Waals surface area (Å²) in [4.78, 5) is 12.3. The maximum absolute atomic E-state index is 10.8. The summed E-state index contributed by atoms with van der Waals surface area (Å²) in [5.41, 5.74) is 1.20. The van der Waals surface area contributed by atoms with Crippen molar-refractivity contribution >= 4 is 11.8 Å². The zero-order valence-corrected chi connectivity index (χ0v) is 9.35. The number of oxime groups is 1. The largest absolute Gasteiger partial charge is 0.465 e. The SMILES string of the molecule is O=C(O)N1CCC2(CCC(=NO)CC2)CC1. The van der Waals surface area contributed by atoms with Crippen LogP contribution in [0.5, 0.6) is 0 Å². The average Bonchev–Trinajstić information content (AvgIpc) is 2.31. The van der Waals surface area contributed by atoms with Crippen LogP contribution in [0.2, 0.25) is 0 Å². The molecule has 1 saturated carbocycles. The molecule has 5 nitrogen and oxygen atoms in total. The van der Waals surface area contributed by atoms with Gasteiger partial charge in [-0.25, -0.2) is 4.79 Å². The summed E-state index contributed by atoms with van der Waals surface area (Å²) >= 11 is 0. The van der Waals surface area contributed by atoms with Gasteiger partial charge in [0.1, 0.15) is 0 Å². The second-order valence-corrected chi connectivity index (χ2v) is 4.94. The van der Waals surface area contributed by atoms with E-state index in [1.807, 2.05) is 0 Å². The molecule has 2 aliphatic rings. The van der Waals surface area contributed by atoms with E-state index in [9.17, 15) is 4.79 Å². The molecule has 5 heteroatoms. The van der Waals surface area contributed by atoms with Crippen LogP contribution >= 0.6 is 0 Å². The fourth-order valence-corrected chi connectivity index (χ4v) is 2.84. The van der Waals surface area contributed by atoms with E-state index in [2.05, 4.69) is 5.16 Å². The lowest BCUT2D eigenvalue weighted by molar-refractivity contribution is 0.0764. The van der Waals surface area contributed by atoms with E-state index in [0.717, 1.165) is 44.2 Å².